The zero-order valence-corrected chi connectivity index (χ0v) is 8.02. The van der Waals surface area contributed by atoms with Crippen LogP contribution < -0.4 is 10.6 Å². The van der Waals surface area contributed by atoms with Crippen LogP contribution in [0.15, 0.2) is 16.5 Å². The molecule has 0 unspecified atom stereocenters. The SMILES string of the molecule is CNC(=O)CNCc1ccc(Cl)o1. The zero-order valence-electron chi connectivity index (χ0n) is 7.26. The van der Waals surface area contributed by atoms with Crippen molar-refractivity contribution in [3.63, 3.8) is 0 Å². The maximum Gasteiger partial charge on any atom is 0.233 e. The Labute approximate surface area is 81.3 Å². The molecule has 0 fully saturated rings. The van der Waals surface area contributed by atoms with Gasteiger partial charge in [-0.3, -0.25) is 4.79 Å². The number of nitrogens with one attached hydrogen (secondary N) is 2. The van der Waals surface area contributed by atoms with E-state index in [1.807, 2.05) is 0 Å². The zero-order chi connectivity index (χ0) is 9.68. The van der Waals surface area contributed by atoms with Crippen molar-refractivity contribution < 1.29 is 9.21 Å². The van der Waals surface area contributed by atoms with Gasteiger partial charge in [0.1, 0.15) is 5.76 Å². The lowest BCUT2D eigenvalue weighted by Crippen LogP contribution is -2.30. The predicted molar refractivity (Wildman–Crippen MR) is 49.5 cm³/mol. The van der Waals surface area contributed by atoms with E-state index in [-0.39, 0.29) is 12.5 Å². The molecular weight excluding hydrogens is 192 g/mol. The smallest absolute Gasteiger partial charge is 0.233 e. The van der Waals surface area contributed by atoms with E-state index in [9.17, 15) is 4.79 Å². The molecule has 72 valence electrons. The molecule has 0 radical (unpaired) electrons. The highest BCUT2D eigenvalue weighted by Gasteiger charge is 2.00. The summed E-state index contributed by atoms with van der Waals surface area (Å²) < 4.78 is 5.07. The van der Waals surface area contributed by atoms with Gasteiger partial charge in [0.15, 0.2) is 5.22 Å². The minimum absolute atomic E-state index is 0.0577. The van der Waals surface area contributed by atoms with Crippen molar-refractivity contribution in [2.45, 2.75) is 6.54 Å². The molecule has 1 amide bonds. The average Bonchev–Trinajstić information content (AvgIpc) is 2.51. The molecule has 4 nitrogen and oxygen atoms in total. The van der Waals surface area contributed by atoms with Crippen LogP contribution >= 0.6 is 11.6 Å². The van der Waals surface area contributed by atoms with Gasteiger partial charge in [-0.1, -0.05) is 0 Å². The molecule has 1 heterocycles. The summed E-state index contributed by atoms with van der Waals surface area (Å²) in [5.74, 6) is 0.659. The van der Waals surface area contributed by atoms with E-state index in [4.69, 9.17) is 16.0 Å². The van der Waals surface area contributed by atoms with Crippen molar-refractivity contribution in [1.82, 2.24) is 10.6 Å². The third-order valence-corrected chi connectivity index (χ3v) is 1.70. The van der Waals surface area contributed by atoms with Crippen LogP contribution in [-0.2, 0) is 11.3 Å². The summed E-state index contributed by atoms with van der Waals surface area (Å²) in [5.41, 5.74) is 0. The molecule has 0 aliphatic carbocycles. The van der Waals surface area contributed by atoms with Crippen LogP contribution in [0, 0.1) is 0 Å². The Bertz CT molecular complexity index is 285. The molecule has 1 aromatic rings. The summed E-state index contributed by atoms with van der Waals surface area (Å²) in [6.07, 6.45) is 0. The molecule has 2 N–H and O–H groups in total. The van der Waals surface area contributed by atoms with Gasteiger partial charge in [0, 0.05) is 7.05 Å². The normalized spacial score (nSPS) is 10.0. The number of likely N-dealkylation sites (N-methyl/N-ethyl adjacent to an activating group) is 1. The maximum atomic E-state index is 10.8. The molecular formula is C8H11ClN2O2. The topological polar surface area (TPSA) is 54.3 Å². The predicted octanol–water partition coefficient (Wildman–Crippen LogP) is 0.769. The molecule has 0 spiro atoms. The second-order valence-corrected chi connectivity index (χ2v) is 2.86. The molecule has 0 aromatic carbocycles. The Morgan fingerprint density at radius 3 is 2.92 bits per heavy atom. The van der Waals surface area contributed by atoms with Gasteiger partial charge in [-0.25, -0.2) is 0 Å². The molecule has 0 aliphatic rings. The summed E-state index contributed by atoms with van der Waals surface area (Å²) in [7, 11) is 1.59. The summed E-state index contributed by atoms with van der Waals surface area (Å²) in [4.78, 5) is 10.8. The number of halogens is 1. The summed E-state index contributed by atoms with van der Waals surface area (Å²) >= 11 is 5.56. The minimum atomic E-state index is -0.0577. The van der Waals surface area contributed by atoms with Gasteiger partial charge in [-0.05, 0) is 23.7 Å². The molecule has 0 bridgehead atoms. The van der Waals surface area contributed by atoms with Crippen LogP contribution in [0.1, 0.15) is 5.76 Å². The first-order valence-electron chi connectivity index (χ1n) is 3.88. The van der Waals surface area contributed by atoms with Crippen LogP contribution in [0.25, 0.3) is 0 Å². The monoisotopic (exact) mass is 202 g/mol. The molecule has 0 saturated heterocycles. The fourth-order valence-electron chi connectivity index (χ4n) is 0.834. The van der Waals surface area contributed by atoms with E-state index in [0.717, 1.165) is 0 Å². The third-order valence-electron chi connectivity index (χ3n) is 1.49. The number of hydrogen-bond acceptors (Lipinski definition) is 3. The van der Waals surface area contributed by atoms with Gasteiger partial charge >= 0.3 is 0 Å². The van der Waals surface area contributed by atoms with Gasteiger partial charge in [0.05, 0.1) is 13.1 Å². The number of amides is 1. The van der Waals surface area contributed by atoms with Crippen LogP contribution in [-0.4, -0.2) is 19.5 Å². The van der Waals surface area contributed by atoms with E-state index >= 15 is 0 Å². The molecule has 1 rings (SSSR count). The fraction of sp³-hybridized carbons (Fsp3) is 0.375. The Hall–Kier alpha value is -1.00. The minimum Gasteiger partial charge on any atom is -0.448 e. The van der Waals surface area contributed by atoms with Crippen LogP contribution in [0.5, 0.6) is 0 Å². The van der Waals surface area contributed by atoms with Crippen molar-refractivity contribution >= 4 is 17.5 Å². The standard InChI is InChI=1S/C8H11ClN2O2/c1-10-8(12)5-11-4-6-2-3-7(9)13-6/h2-3,11H,4-5H2,1H3,(H,10,12). The molecule has 0 saturated carbocycles. The quantitative estimate of drug-likeness (QED) is 0.759. The first-order chi connectivity index (χ1) is 6.22. The molecule has 1 aromatic heterocycles. The molecule has 0 aliphatic heterocycles. The number of rotatable bonds is 4. The Morgan fingerprint density at radius 2 is 2.38 bits per heavy atom. The van der Waals surface area contributed by atoms with Gasteiger partial charge < -0.3 is 15.1 Å². The van der Waals surface area contributed by atoms with Crippen molar-refractivity contribution in [3.05, 3.63) is 23.1 Å². The van der Waals surface area contributed by atoms with E-state index in [1.165, 1.54) is 0 Å². The first-order valence-corrected chi connectivity index (χ1v) is 4.25. The van der Waals surface area contributed by atoms with Crippen LogP contribution in [0.3, 0.4) is 0 Å². The van der Waals surface area contributed by atoms with Gasteiger partial charge in [0.2, 0.25) is 5.91 Å². The lowest BCUT2D eigenvalue weighted by atomic mass is 10.4. The van der Waals surface area contributed by atoms with Crippen LogP contribution in [0.2, 0.25) is 5.22 Å². The second kappa shape index (κ2) is 4.89. The number of carbonyl (C=O) groups excluding carboxylic acids is 1. The fourth-order valence-corrected chi connectivity index (χ4v) is 0.996. The Morgan fingerprint density at radius 1 is 1.62 bits per heavy atom. The van der Waals surface area contributed by atoms with E-state index in [0.29, 0.717) is 17.5 Å². The maximum absolute atomic E-state index is 10.8. The summed E-state index contributed by atoms with van der Waals surface area (Å²) in [5, 5.41) is 5.76. The Balaban J connectivity index is 2.24. The summed E-state index contributed by atoms with van der Waals surface area (Å²) in [6, 6.07) is 3.43. The molecule has 5 heteroatoms. The van der Waals surface area contributed by atoms with Crippen molar-refractivity contribution in [2.24, 2.45) is 0 Å². The first kappa shape index (κ1) is 10.1. The average molecular weight is 203 g/mol. The molecule has 0 atom stereocenters. The molecule has 13 heavy (non-hydrogen) atoms. The lowest BCUT2D eigenvalue weighted by molar-refractivity contribution is -0.119. The van der Waals surface area contributed by atoms with E-state index < -0.39 is 0 Å². The Kier molecular flexibility index (Phi) is 3.79. The highest BCUT2D eigenvalue weighted by Crippen LogP contribution is 2.12. The summed E-state index contributed by atoms with van der Waals surface area (Å²) in [6.45, 7) is 0.773. The lowest BCUT2D eigenvalue weighted by Gasteiger charge is -2.00. The van der Waals surface area contributed by atoms with E-state index in [1.54, 1.807) is 19.2 Å². The van der Waals surface area contributed by atoms with Crippen molar-refractivity contribution in [3.8, 4) is 0 Å². The number of hydrogen-bond donors (Lipinski definition) is 2. The highest BCUT2D eigenvalue weighted by atomic mass is 35.5. The van der Waals surface area contributed by atoms with Crippen molar-refractivity contribution in [2.75, 3.05) is 13.6 Å². The van der Waals surface area contributed by atoms with E-state index in [2.05, 4.69) is 10.6 Å². The van der Waals surface area contributed by atoms with Gasteiger partial charge in [-0.15, -0.1) is 0 Å². The number of furan rings is 1. The largest absolute Gasteiger partial charge is 0.448 e. The van der Waals surface area contributed by atoms with Gasteiger partial charge in [0.25, 0.3) is 0 Å². The van der Waals surface area contributed by atoms with Crippen LogP contribution in [0.4, 0.5) is 0 Å². The highest BCUT2D eigenvalue weighted by molar-refractivity contribution is 6.28. The van der Waals surface area contributed by atoms with Gasteiger partial charge in [-0.2, -0.15) is 0 Å². The second-order valence-electron chi connectivity index (χ2n) is 2.48. The third kappa shape index (κ3) is 3.48. The van der Waals surface area contributed by atoms with Crippen molar-refractivity contribution in [1.29, 1.82) is 0 Å². The number of carbonyl (C=O) groups is 1.